The van der Waals surface area contributed by atoms with E-state index in [0.717, 1.165) is 48.1 Å². The Morgan fingerprint density at radius 3 is 2.50 bits per heavy atom. The maximum Gasteiger partial charge on any atom is 0.309 e. The Kier molecular flexibility index (Phi) is 6.92. The zero-order valence-corrected chi connectivity index (χ0v) is 19.2. The summed E-state index contributed by atoms with van der Waals surface area (Å²) in [6, 6.07) is 13.9. The first-order valence-electron chi connectivity index (χ1n) is 11.2. The van der Waals surface area contributed by atoms with Gasteiger partial charge >= 0.3 is 5.97 Å². The van der Waals surface area contributed by atoms with Gasteiger partial charge < -0.3 is 9.72 Å². The number of carbonyl (C=O) groups excluding carboxylic acids is 1. The third-order valence-electron chi connectivity index (χ3n) is 6.14. The summed E-state index contributed by atoms with van der Waals surface area (Å²) in [5.74, 6) is -0.155. The standard InChI is InChI=1S/C25H28ClN3O3/c1-3-20-24(30)28-22-15-18(7-10-21(22)27-20)23(16-5-8-19(26)9-6-16)29-13-11-17(12-14-29)25(31)32-4-2/h5-10,15,17,23H,3-4,11-14H2,1-2H3,(H,28,30). The summed E-state index contributed by atoms with van der Waals surface area (Å²) in [7, 11) is 0. The van der Waals surface area contributed by atoms with Crippen molar-refractivity contribution < 1.29 is 9.53 Å². The molecule has 2 heterocycles. The van der Waals surface area contributed by atoms with E-state index in [2.05, 4.69) is 20.9 Å². The van der Waals surface area contributed by atoms with Gasteiger partial charge in [-0.2, -0.15) is 0 Å². The van der Waals surface area contributed by atoms with Crippen LogP contribution in [0.4, 0.5) is 0 Å². The lowest BCUT2D eigenvalue weighted by Crippen LogP contribution is -2.39. The molecule has 6 nitrogen and oxygen atoms in total. The van der Waals surface area contributed by atoms with Gasteiger partial charge in [-0.15, -0.1) is 0 Å². The Hall–Kier alpha value is -2.70. The number of carbonyl (C=O) groups is 1. The van der Waals surface area contributed by atoms with Crippen molar-refractivity contribution in [2.75, 3.05) is 19.7 Å². The molecule has 7 heteroatoms. The fraction of sp³-hybridized carbons (Fsp3) is 0.400. The summed E-state index contributed by atoms with van der Waals surface area (Å²) in [5, 5.41) is 0.688. The van der Waals surface area contributed by atoms with Gasteiger partial charge in [0.05, 0.1) is 29.6 Å². The molecule has 0 saturated carbocycles. The second-order valence-electron chi connectivity index (χ2n) is 8.16. The molecule has 1 aliphatic heterocycles. The number of hydrogen-bond acceptors (Lipinski definition) is 5. The van der Waals surface area contributed by atoms with Crippen LogP contribution in [0.15, 0.2) is 47.3 Å². The molecule has 3 aromatic rings. The van der Waals surface area contributed by atoms with Gasteiger partial charge in [-0.25, -0.2) is 4.98 Å². The normalized spacial score (nSPS) is 16.2. The Bertz CT molecular complexity index is 1150. The predicted octanol–water partition coefficient (Wildman–Crippen LogP) is 4.50. The lowest BCUT2D eigenvalue weighted by molar-refractivity contribution is -0.149. The number of nitrogens with one attached hydrogen (secondary N) is 1. The molecule has 168 valence electrons. The lowest BCUT2D eigenvalue weighted by atomic mass is 9.91. The van der Waals surface area contributed by atoms with Gasteiger partial charge in [-0.05, 0) is 74.7 Å². The second-order valence-corrected chi connectivity index (χ2v) is 8.60. The predicted molar refractivity (Wildman–Crippen MR) is 126 cm³/mol. The van der Waals surface area contributed by atoms with E-state index in [4.69, 9.17) is 16.3 Å². The summed E-state index contributed by atoms with van der Waals surface area (Å²) in [6.45, 7) is 5.73. The molecule has 32 heavy (non-hydrogen) atoms. The van der Waals surface area contributed by atoms with Crippen LogP contribution >= 0.6 is 11.6 Å². The molecule has 0 amide bonds. The number of rotatable bonds is 6. The number of ether oxygens (including phenoxy) is 1. The summed E-state index contributed by atoms with van der Waals surface area (Å²) >= 11 is 6.14. The number of benzene rings is 2. The number of esters is 1. The number of aryl methyl sites for hydroxylation is 1. The number of hydrogen-bond donors (Lipinski definition) is 1. The number of aromatic nitrogens is 2. The maximum atomic E-state index is 12.3. The van der Waals surface area contributed by atoms with Gasteiger partial charge in [-0.3, -0.25) is 14.5 Å². The molecule has 1 saturated heterocycles. The van der Waals surface area contributed by atoms with Crippen LogP contribution in [0.3, 0.4) is 0 Å². The van der Waals surface area contributed by atoms with E-state index in [9.17, 15) is 9.59 Å². The molecule has 2 aromatic carbocycles. The SMILES string of the molecule is CCOC(=O)C1CCN(C(c2ccc(Cl)cc2)c2ccc3nc(CC)c(=O)[nH]c3c2)CC1. The number of fused-ring (bicyclic) bond motifs is 1. The van der Waals surface area contributed by atoms with Crippen LogP contribution in [0.1, 0.15) is 49.6 Å². The molecule has 1 unspecified atom stereocenters. The summed E-state index contributed by atoms with van der Waals surface area (Å²) in [4.78, 5) is 34.4. The molecule has 1 aromatic heterocycles. The van der Waals surface area contributed by atoms with Gasteiger partial charge in [0, 0.05) is 5.02 Å². The molecular weight excluding hydrogens is 426 g/mol. The molecule has 1 N–H and O–H groups in total. The summed E-state index contributed by atoms with van der Waals surface area (Å²) in [6.07, 6.45) is 2.11. The first kappa shape index (κ1) is 22.5. The highest BCUT2D eigenvalue weighted by molar-refractivity contribution is 6.30. The van der Waals surface area contributed by atoms with E-state index in [1.807, 2.05) is 50.2 Å². The third-order valence-corrected chi connectivity index (χ3v) is 6.39. The number of aromatic amines is 1. The van der Waals surface area contributed by atoms with E-state index in [-0.39, 0.29) is 23.5 Å². The van der Waals surface area contributed by atoms with Crippen molar-refractivity contribution in [2.45, 2.75) is 39.2 Å². The highest BCUT2D eigenvalue weighted by atomic mass is 35.5. The topological polar surface area (TPSA) is 75.3 Å². The van der Waals surface area contributed by atoms with Crippen LogP contribution in [-0.2, 0) is 16.0 Å². The van der Waals surface area contributed by atoms with E-state index in [0.29, 0.717) is 23.7 Å². The minimum absolute atomic E-state index is 0.0193. The largest absolute Gasteiger partial charge is 0.466 e. The van der Waals surface area contributed by atoms with Crippen molar-refractivity contribution in [1.82, 2.24) is 14.9 Å². The van der Waals surface area contributed by atoms with E-state index < -0.39 is 0 Å². The van der Waals surface area contributed by atoms with Crippen LogP contribution in [-0.4, -0.2) is 40.5 Å². The second kappa shape index (κ2) is 9.84. The first-order chi connectivity index (χ1) is 15.5. The molecule has 0 aliphatic carbocycles. The summed E-state index contributed by atoms with van der Waals surface area (Å²) < 4.78 is 5.22. The smallest absolute Gasteiger partial charge is 0.309 e. The number of H-pyrrole nitrogens is 1. The van der Waals surface area contributed by atoms with Gasteiger partial charge in [0.1, 0.15) is 5.69 Å². The van der Waals surface area contributed by atoms with Crippen LogP contribution < -0.4 is 5.56 Å². The van der Waals surface area contributed by atoms with Gasteiger partial charge in [0.15, 0.2) is 0 Å². The quantitative estimate of drug-likeness (QED) is 0.556. The molecule has 1 aliphatic rings. The molecule has 1 atom stereocenters. The Balaban J connectivity index is 1.68. The fourth-order valence-electron chi connectivity index (χ4n) is 4.46. The molecule has 0 radical (unpaired) electrons. The average molecular weight is 454 g/mol. The zero-order valence-electron chi connectivity index (χ0n) is 18.4. The number of piperidine rings is 1. The maximum absolute atomic E-state index is 12.3. The Morgan fingerprint density at radius 2 is 1.84 bits per heavy atom. The van der Waals surface area contributed by atoms with Crippen molar-refractivity contribution in [2.24, 2.45) is 5.92 Å². The molecule has 0 bridgehead atoms. The minimum Gasteiger partial charge on any atom is -0.466 e. The number of halogens is 1. The van der Waals surface area contributed by atoms with Crippen LogP contribution in [0.25, 0.3) is 11.0 Å². The van der Waals surface area contributed by atoms with Crippen molar-refractivity contribution in [3.8, 4) is 0 Å². The van der Waals surface area contributed by atoms with Gasteiger partial charge in [0.2, 0.25) is 0 Å². The third kappa shape index (κ3) is 4.71. The van der Waals surface area contributed by atoms with Gasteiger partial charge in [0.25, 0.3) is 5.56 Å². The van der Waals surface area contributed by atoms with Crippen molar-refractivity contribution in [3.63, 3.8) is 0 Å². The van der Waals surface area contributed by atoms with Crippen LogP contribution in [0.2, 0.25) is 5.02 Å². The number of likely N-dealkylation sites (tertiary alicyclic amines) is 1. The molecule has 0 spiro atoms. The first-order valence-corrected chi connectivity index (χ1v) is 11.6. The highest BCUT2D eigenvalue weighted by Gasteiger charge is 2.31. The Labute approximate surface area is 192 Å². The van der Waals surface area contributed by atoms with Crippen molar-refractivity contribution in [1.29, 1.82) is 0 Å². The highest BCUT2D eigenvalue weighted by Crippen LogP contribution is 2.34. The monoisotopic (exact) mass is 453 g/mol. The van der Waals surface area contributed by atoms with Crippen molar-refractivity contribution in [3.05, 3.63) is 74.7 Å². The van der Waals surface area contributed by atoms with Crippen LogP contribution in [0.5, 0.6) is 0 Å². The Morgan fingerprint density at radius 1 is 1.16 bits per heavy atom. The summed E-state index contributed by atoms with van der Waals surface area (Å²) in [5.41, 5.74) is 4.09. The van der Waals surface area contributed by atoms with Crippen LogP contribution in [0, 0.1) is 5.92 Å². The van der Waals surface area contributed by atoms with E-state index in [1.165, 1.54) is 0 Å². The lowest BCUT2D eigenvalue weighted by Gasteiger charge is -2.37. The zero-order chi connectivity index (χ0) is 22.7. The van der Waals surface area contributed by atoms with Gasteiger partial charge in [-0.1, -0.05) is 36.7 Å². The molecule has 1 fully saturated rings. The number of nitrogens with zero attached hydrogens (tertiary/aromatic N) is 2. The average Bonchev–Trinajstić information content (AvgIpc) is 2.80. The fourth-order valence-corrected chi connectivity index (χ4v) is 4.59. The minimum atomic E-state index is -0.143. The van der Waals surface area contributed by atoms with E-state index >= 15 is 0 Å². The van der Waals surface area contributed by atoms with E-state index in [1.54, 1.807) is 0 Å². The molecular formula is C25H28ClN3O3. The van der Waals surface area contributed by atoms with Crippen molar-refractivity contribution >= 4 is 28.6 Å². The molecule has 4 rings (SSSR count).